The van der Waals surface area contributed by atoms with E-state index in [4.69, 9.17) is 0 Å². The zero-order valence-corrected chi connectivity index (χ0v) is 15.1. The fourth-order valence-electron chi connectivity index (χ4n) is 3.34. The lowest BCUT2D eigenvalue weighted by Gasteiger charge is -2.26. The summed E-state index contributed by atoms with van der Waals surface area (Å²) < 4.78 is 40.6. The maximum Gasteiger partial charge on any atom is 0.252 e. The van der Waals surface area contributed by atoms with Gasteiger partial charge in [-0.1, -0.05) is 18.2 Å². The third kappa shape index (κ3) is 3.15. The van der Waals surface area contributed by atoms with Gasteiger partial charge in [0.05, 0.1) is 17.0 Å². The first-order valence-electron chi connectivity index (χ1n) is 8.60. The van der Waals surface area contributed by atoms with E-state index in [2.05, 4.69) is 0 Å². The molecular weight excluding hydrogens is 371 g/mol. The Kier molecular flexibility index (Phi) is 4.32. The molecule has 1 saturated carbocycles. The van der Waals surface area contributed by atoms with Crippen LogP contribution in [0, 0.1) is 5.82 Å². The van der Waals surface area contributed by atoms with Crippen LogP contribution in [-0.4, -0.2) is 36.6 Å². The Balaban J connectivity index is 1.70. The molecule has 0 bridgehead atoms. The van der Waals surface area contributed by atoms with Gasteiger partial charge in [0.25, 0.3) is 5.91 Å². The molecule has 2 aliphatic rings. The summed E-state index contributed by atoms with van der Waals surface area (Å²) in [6.45, 7) is 0. The number of hydrogen-bond acceptors (Lipinski definition) is 4. The van der Waals surface area contributed by atoms with Crippen molar-refractivity contribution in [2.75, 3.05) is 4.90 Å². The van der Waals surface area contributed by atoms with Crippen molar-refractivity contribution in [3.05, 3.63) is 60.4 Å². The normalized spacial score (nSPS) is 20.5. The van der Waals surface area contributed by atoms with Gasteiger partial charge in [-0.2, -0.15) is 4.31 Å². The molecule has 140 valence electrons. The molecule has 0 N–H and O–H groups in total. The van der Waals surface area contributed by atoms with Crippen molar-refractivity contribution < 1.29 is 22.4 Å². The van der Waals surface area contributed by atoms with Gasteiger partial charge in [0.2, 0.25) is 15.9 Å². The van der Waals surface area contributed by atoms with Crippen LogP contribution in [0.25, 0.3) is 0 Å². The lowest BCUT2D eigenvalue weighted by atomic mass is 10.2. The van der Waals surface area contributed by atoms with E-state index >= 15 is 0 Å². The van der Waals surface area contributed by atoms with Gasteiger partial charge in [-0.3, -0.25) is 9.59 Å². The molecular formula is C19H17FN2O4S. The molecule has 1 aliphatic carbocycles. The third-order valence-electron chi connectivity index (χ3n) is 4.74. The van der Waals surface area contributed by atoms with Crippen molar-refractivity contribution in [1.82, 2.24) is 4.31 Å². The van der Waals surface area contributed by atoms with E-state index < -0.39 is 33.7 Å². The van der Waals surface area contributed by atoms with Crippen LogP contribution in [0.15, 0.2) is 59.5 Å². The number of carbonyl (C=O) groups excluding carboxylic acids is 2. The van der Waals surface area contributed by atoms with Crippen LogP contribution in [0.1, 0.15) is 19.3 Å². The number of amides is 2. The van der Waals surface area contributed by atoms with Gasteiger partial charge in [0.15, 0.2) is 0 Å². The molecule has 8 heteroatoms. The molecule has 2 fully saturated rings. The van der Waals surface area contributed by atoms with Crippen LogP contribution in [0.5, 0.6) is 0 Å². The summed E-state index contributed by atoms with van der Waals surface area (Å²) in [6, 6.07) is 11.5. The molecule has 1 atom stereocenters. The molecule has 0 aromatic heterocycles. The van der Waals surface area contributed by atoms with Gasteiger partial charge in [0.1, 0.15) is 11.9 Å². The Morgan fingerprint density at radius 3 is 2.19 bits per heavy atom. The number of hydrogen-bond donors (Lipinski definition) is 0. The topological polar surface area (TPSA) is 74.8 Å². The SMILES string of the molecule is O=C1CC(N(C2CC2)S(=O)(=O)c2ccccc2)C(=O)N1c1ccc(F)cc1. The van der Waals surface area contributed by atoms with E-state index in [9.17, 15) is 22.4 Å². The molecule has 6 nitrogen and oxygen atoms in total. The Bertz CT molecular complexity index is 988. The first-order valence-corrected chi connectivity index (χ1v) is 10.0. The van der Waals surface area contributed by atoms with Crippen molar-refractivity contribution >= 4 is 27.5 Å². The highest BCUT2D eigenvalue weighted by atomic mass is 32.2. The highest BCUT2D eigenvalue weighted by Gasteiger charge is 2.51. The second-order valence-electron chi connectivity index (χ2n) is 6.64. The van der Waals surface area contributed by atoms with E-state index in [0.29, 0.717) is 12.8 Å². The summed E-state index contributed by atoms with van der Waals surface area (Å²) >= 11 is 0. The van der Waals surface area contributed by atoms with Crippen molar-refractivity contribution in [2.45, 2.75) is 36.2 Å². The van der Waals surface area contributed by atoms with E-state index in [1.165, 1.54) is 28.6 Å². The quantitative estimate of drug-likeness (QED) is 0.737. The monoisotopic (exact) mass is 388 g/mol. The van der Waals surface area contributed by atoms with Gasteiger partial charge in [-0.25, -0.2) is 17.7 Å². The van der Waals surface area contributed by atoms with E-state index in [1.807, 2.05) is 0 Å². The molecule has 2 aromatic carbocycles. The summed E-state index contributed by atoms with van der Waals surface area (Å²) in [7, 11) is -3.92. The molecule has 0 radical (unpaired) electrons. The summed E-state index contributed by atoms with van der Waals surface area (Å²) in [5, 5.41) is 0. The summed E-state index contributed by atoms with van der Waals surface area (Å²) in [5.41, 5.74) is 0.238. The fraction of sp³-hybridized carbons (Fsp3) is 0.263. The van der Waals surface area contributed by atoms with Gasteiger partial charge in [0, 0.05) is 6.04 Å². The first-order chi connectivity index (χ1) is 12.9. The summed E-state index contributed by atoms with van der Waals surface area (Å²) in [4.78, 5) is 26.5. The molecule has 4 rings (SSSR count). The van der Waals surface area contributed by atoms with Crippen LogP contribution < -0.4 is 4.90 Å². The molecule has 27 heavy (non-hydrogen) atoms. The summed E-state index contributed by atoms with van der Waals surface area (Å²) in [5.74, 6) is -1.58. The highest BCUT2D eigenvalue weighted by molar-refractivity contribution is 7.89. The van der Waals surface area contributed by atoms with Crippen LogP contribution in [0.4, 0.5) is 10.1 Å². The van der Waals surface area contributed by atoms with E-state index in [0.717, 1.165) is 17.0 Å². The second-order valence-corrected chi connectivity index (χ2v) is 8.49. The molecule has 2 aromatic rings. The Morgan fingerprint density at radius 2 is 1.59 bits per heavy atom. The van der Waals surface area contributed by atoms with Crippen molar-refractivity contribution in [3.63, 3.8) is 0 Å². The number of rotatable bonds is 5. The largest absolute Gasteiger partial charge is 0.274 e. The van der Waals surface area contributed by atoms with Gasteiger partial charge in [-0.15, -0.1) is 0 Å². The van der Waals surface area contributed by atoms with Crippen LogP contribution in [0.2, 0.25) is 0 Å². The molecule has 1 unspecified atom stereocenters. The maximum absolute atomic E-state index is 13.2. The number of nitrogens with zero attached hydrogens (tertiary/aromatic N) is 2. The molecule has 1 aliphatic heterocycles. The van der Waals surface area contributed by atoms with Gasteiger partial charge >= 0.3 is 0 Å². The third-order valence-corrected chi connectivity index (χ3v) is 6.72. The molecule has 0 spiro atoms. The van der Waals surface area contributed by atoms with E-state index in [-0.39, 0.29) is 23.0 Å². The molecule has 2 amide bonds. The smallest absolute Gasteiger partial charge is 0.252 e. The lowest BCUT2D eigenvalue weighted by Crippen LogP contribution is -2.46. The fourth-order valence-corrected chi connectivity index (χ4v) is 5.19. The van der Waals surface area contributed by atoms with Crippen LogP contribution in [0.3, 0.4) is 0 Å². The number of imide groups is 1. The standard InChI is InChI=1S/C19H17FN2O4S/c20-13-6-8-14(9-7-13)21-18(23)12-17(19(21)24)22(15-10-11-15)27(25,26)16-4-2-1-3-5-16/h1-9,15,17H,10-12H2. The van der Waals surface area contributed by atoms with Crippen molar-refractivity contribution in [3.8, 4) is 0 Å². The summed E-state index contributed by atoms with van der Waals surface area (Å²) in [6.07, 6.45) is 1.08. The Hall–Kier alpha value is -2.58. The number of sulfonamides is 1. The number of halogens is 1. The van der Waals surface area contributed by atoms with Crippen molar-refractivity contribution in [1.29, 1.82) is 0 Å². The lowest BCUT2D eigenvalue weighted by molar-refractivity contribution is -0.122. The highest BCUT2D eigenvalue weighted by Crippen LogP contribution is 2.38. The van der Waals surface area contributed by atoms with Crippen LogP contribution in [-0.2, 0) is 19.6 Å². The average molecular weight is 388 g/mol. The number of benzene rings is 2. The van der Waals surface area contributed by atoms with Crippen molar-refractivity contribution in [2.24, 2.45) is 0 Å². The predicted molar refractivity (Wildman–Crippen MR) is 95.8 cm³/mol. The number of anilines is 1. The van der Waals surface area contributed by atoms with Crippen LogP contribution >= 0.6 is 0 Å². The average Bonchev–Trinajstić information content (AvgIpc) is 3.43. The second kappa shape index (κ2) is 6.54. The minimum Gasteiger partial charge on any atom is -0.274 e. The molecule has 1 saturated heterocycles. The minimum atomic E-state index is -3.92. The minimum absolute atomic E-state index is 0.0948. The van der Waals surface area contributed by atoms with Gasteiger partial charge in [-0.05, 0) is 49.2 Å². The molecule has 1 heterocycles. The predicted octanol–water partition coefficient (Wildman–Crippen LogP) is 2.31. The Labute approximate surface area is 156 Å². The number of carbonyl (C=O) groups is 2. The zero-order valence-electron chi connectivity index (χ0n) is 14.3. The Morgan fingerprint density at radius 1 is 0.963 bits per heavy atom. The zero-order chi connectivity index (χ0) is 19.2. The maximum atomic E-state index is 13.2. The van der Waals surface area contributed by atoms with E-state index in [1.54, 1.807) is 18.2 Å². The van der Waals surface area contributed by atoms with Gasteiger partial charge < -0.3 is 0 Å². The first kappa shape index (κ1) is 17.8.